The van der Waals surface area contributed by atoms with Crippen molar-refractivity contribution in [3.8, 4) is 11.5 Å². The molecule has 0 aliphatic carbocycles. The average Bonchev–Trinajstić information content (AvgIpc) is 3.79. The number of para-hydroxylation sites is 2. The van der Waals surface area contributed by atoms with Crippen LogP contribution in [-0.2, 0) is 45.4 Å². The van der Waals surface area contributed by atoms with E-state index < -0.39 is 51.7 Å². The van der Waals surface area contributed by atoms with Crippen molar-refractivity contribution in [2.45, 2.75) is 12.5 Å². The summed E-state index contributed by atoms with van der Waals surface area (Å²) in [6, 6.07) is 17.1. The Balaban J connectivity index is -0.000000118. The molecule has 2 aromatic heterocycles. The molecule has 4 rings (SSSR count). The first-order valence-electron chi connectivity index (χ1n) is 16.1. The third-order valence-electron chi connectivity index (χ3n) is 5.29. The summed E-state index contributed by atoms with van der Waals surface area (Å²) in [7, 11) is 15.0. The van der Waals surface area contributed by atoms with Crippen molar-refractivity contribution < 1.29 is 93.1 Å². The molecular formula is C31H51Cl4N12NaO15S. The number of aliphatic hydroxyl groups is 3. The molecule has 33 heteroatoms. The minimum atomic E-state index is -1.67. The fourth-order valence-corrected chi connectivity index (χ4v) is 2.90. The van der Waals surface area contributed by atoms with Crippen LogP contribution in [0.25, 0.3) is 0 Å². The maximum absolute atomic E-state index is 10.6. The number of carbonyl (C=O) groups is 5. The van der Waals surface area contributed by atoms with Gasteiger partial charge in [0.2, 0.25) is 9.23 Å². The number of halogens is 4. The Hall–Kier alpha value is -4.50. The smallest absolute Gasteiger partial charge is 0.870 e. The van der Waals surface area contributed by atoms with Crippen LogP contribution in [0.2, 0.25) is 0 Å². The minimum absolute atomic E-state index is 0. The second-order valence-corrected chi connectivity index (χ2v) is 12.4. The molecular weight excluding hydrogens is 977 g/mol. The van der Waals surface area contributed by atoms with Gasteiger partial charge in [-0.05, 0) is 31.3 Å². The van der Waals surface area contributed by atoms with Gasteiger partial charge in [-0.15, -0.1) is 11.6 Å². The predicted molar refractivity (Wildman–Crippen MR) is 233 cm³/mol. The second kappa shape index (κ2) is 51.1. The topological polar surface area (TPSA) is 447 Å². The van der Waals surface area contributed by atoms with Crippen LogP contribution in [0.1, 0.15) is 11.6 Å². The van der Waals surface area contributed by atoms with Gasteiger partial charge in [0.15, 0.2) is 11.6 Å². The molecule has 2 aromatic carbocycles. The van der Waals surface area contributed by atoms with Crippen LogP contribution < -0.4 is 83.8 Å². The molecule has 16 N–H and O–H groups in total. The molecule has 0 bridgehead atoms. The summed E-state index contributed by atoms with van der Waals surface area (Å²) in [4.78, 5) is 71.8. The van der Waals surface area contributed by atoms with E-state index in [1.165, 1.54) is 37.3 Å². The molecule has 0 fully saturated rings. The predicted octanol–water partition coefficient (Wildman–Crippen LogP) is -3.92. The molecule has 3 amide bonds. The van der Waals surface area contributed by atoms with Crippen molar-refractivity contribution in [3.63, 3.8) is 0 Å². The number of amides is 3. The minimum Gasteiger partial charge on any atom is -0.870 e. The van der Waals surface area contributed by atoms with Crippen LogP contribution >= 0.6 is 44.6 Å². The maximum atomic E-state index is 10.6. The molecule has 0 atom stereocenters. The molecule has 64 heavy (non-hydrogen) atoms. The van der Waals surface area contributed by atoms with Crippen LogP contribution in [0.3, 0.4) is 0 Å². The van der Waals surface area contributed by atoms with Gasteiger partial charge in [0.1, 0.15) is 37.1 Å². The van der Waals surface area contributed by atoms with Crippen LogP contribution in [0.4, 0.5) is 14.4 Å². The van der Waals surface area contributed by atoms with Gasteiger partial charge in [0, 0.05) is 61.2 Å². The van der Waals surface area contributed by atoms with E-state index >= 15 is 0 Å². The zero-order chi connectivity index (χ0) is 49.1. The van der Waals surface area contributed by atoms with E-state index in [0.29, 0.717) is 23.1 Å². The molecule has 0 spiro atoms. The number of aromatic amines is 2. The standard InChI is InChI=1S/C8H9NO2.C7H5ClO2.C5H10N2O3.C4H6ClN3O.C4H7N3O2.C2H4O3.CH5N.Cl2OS.H4N2.Na.H2O/c1-9-8(10)11-7-5-3-2-4-6-7;8-7(9)10-6-4-2-1-3-5-6;1-6-5(10)7-2-4(9)3-8;1-8-3(2-5)6-7-4(8)9;1-7-3(2-8)5-6-4(7)9;3-1-2(4)5;1-2;1-4(2)3;1-2;;/h2-6H,1H3,(H,9,10);1-5H;8H,2-3H2,1H3,(H2,6,7,10);2H2,1H3,(H,7,9);8H,2H2,1H3,(H,6,9);3H,1H2,(H,4,5);2H2,1H3;;1-2H2;;1H2/q;;;;;;;;;+1;/p-1. The number of H-pyrrole nitrogens is 2. The van der Waals surface area contributed by atoms with E-state index in [9.17, 15) is 28.8 Å². The maximum Gasteiger partial charge on any atom is 1.00 e. The van der Waals surface area contributed by atoms with Gasteiger partial charge in [0.05, 0.1) is 12.4 Å². The summed E-state index contributed by atoms with van der Waals surface area (Å²) in [6.45, 7) is -1.66. The van der Waals surface area contributed by atoms with E-state index in [1.807, 2.05) is 12.1 Å². The molecule has 27 nitrogen and oxygen atoms in total. The number of carbonyl (C=O) groups excluding carboxylic acids is 4. The number of hydrogen-bond acceptors (Lipinski definition) is 19. The van der Waals surface area contributed by atoms with Crippen LogP contribution in [0.15, 0.2) is 70.3 Å². The molecule has 2 heterocycles. The molecule has 0 aliphatic heterocycles. The van der Waals surface area contributed by atoms with Gasteiger partial charge in [-0.25, -0.2) is 43.2 Å². The summed E-state index contributed by atoms with van der Waals surface area (Å²) in [5.74, 6) is 8.57. The Morgan fingerprint density at radius 3 is 1.39 bits per heavy atom. The number of nitrogens with one attached hydrogen (secondary N) is 5. The number of aliphatic hydroxyl groups excluding tert-OH is 3. The Morgan fingerprint density at radius 1 is 0.781 bits per heavy atom. The zero-order valence-corrected chi connectivity index (χ0v) is 40.9. The Morgan fingerprint density at radius 2 is 1.16 bits per heavy atom. The van der Waals surface area contributed by atoms with Crippen molar-refractivity contribution in [3.05, 3.63) is 93.3 Å². The third-order valence-corrected chi connectivity index (χ3v) is 5.61. The van der Waals surface area contributed by atoms with Crippen molar-refractivity contribution in [1.82, 2.24) is 45.5 Å². The van der Waals surface area contributed by atoms with E-state index in [0.717, 1.165) is 0 Å². The number of ether oxygens (including phenoxy) is 2. The fourth-order valence-electron chi connectivity index (χ4n) is 2.57. The SMILES string of the molecule is CN.CNC(=O)NCC(=O)CO.CNC(=O)Oc1ccccc1.Cn1c(CCl)n[nH]c1=O.Cn1c(CO)n[nH]c1=O.NN.O=C(Cl)Oc1ccccc1.O=C(O)CO.O=S(Cl)Cl.[Na+].[OH-]. The number of carboxylic acids is 1. The average molecular weight is 1030 g/mol. The number of aliphatic carboxylic acids is 1. The van der Waals surface area contributed by atoms with Gasteiger partial charge >= 0.3 is 64.5 Å². The van der Waals surface area contributed by atoms with Gasteiger partial charge in [-0.3, -0.25) is 25.6 Å². The first kappa shape index (κ1) is 73.9. The van der Waals surface area contributed by atoms with Gasteiger partial charge in [0.25, 0.3) is 0 Å². The number of alkyl halides is 1. The summed E-state index contributed by atoms with van der Waals surface area (Å²) in [5.41, 5.74) is 3.15. The molecule has 4 aromatic rings. The molecule has 0 radical (unpaired) electrons. The number of nitrogens with two attached hydrogens (primary N) is 3. The Labute approximate surface area is 408 Å². The van der Waals surface area contributed by atoms with E-state index in [2.05, 4.69) is 79.9 Å². The van der Waals surface area contributed by atoms with E-state index in [4.69, 9.17) is 57.4 Å². The van der Waals surface area contributed by atoms with Crippen LogP contribution in [0.5, 0.6) is 11.5 Å². The van der Waals surface area contributed by atoms with E-state index in [-0.39, 0.29) is 65.4 Å². The summed E-state index contributed by atoms with van der Waals surface area (Å²) < 4.78 is 21.1. The molecule has 0 saturated carbocycles. The number of carboxylic acid groups (broad SMARTS) is 1. The van der Waals surface area contributed by atoms with Gasteiger partial charge in [-0.1, -0.05) is 36.4 Å². The number of rotatable bonds is 8. The monoisotopic (exact) mass is 1030 g/mol. The fraction of sp³-hybridized carbons (Fsp3) is 0.323. The number of ketones is 1. The number of aromatic nitrogens is 6. The van der Waals surface area contributed by atoms with Gasteiger partial charge in [-0.2, -0.15) is 10.2 Å². The zero-order valence-electron chi connectivity index (χ0n) is 35.1. The number of Topliss-reactive ketones (excluding diaryl/α,β-unsaturated/α-hetero) is 1. The third kappa shape index (κ3) is 47.0. The number of nitrogens with zero attached hydrogens (tertiary/aromatic N) is 4. The molecule has 0 aliphatic rings. The van der Waals surface area contributed by atoms with E-state index in [1.54, 1.807) is 55.6 Å². The number of hydrogen-bond donors (Lipinski definition) is 12. The Kier molecular flexibility index (Phi) is 59.0. The van der Waals surface area contributed by atoms with Crippen molar-refractivity contribution in [2.75, 3.05) is 40.9 Å². The first-order chi connectivity index (χ1) is 29.3. The normalized spacial score (nSPS) is 8.38. The number of benzene rings is 2. The van der Waals surface area contributed by atoms with Crippen molar-refractivity contribution in [1.29, 1.82) is 0 Å². The van der Waals surface area contributed by atoms with Gasteiger partial charge < -0.3 is 57.1 Å². The Bertz CT molecular complexity index is 1840. The number of urea groups is 1. The van der Waals surface area contributed by atoms with Crippen LogP contribution in [0, 0.1) is 0 Å². The quantitative estimate of drug-likeness (QED) is 0.0264. The van der Waals surface area contributed by atoms with Crippen LogP contribution in [-0.4, -0.2) is 130 Å². The summed E-state index contributed by atoms with van der Waals surface area (Å²) in [5, 5.41) is 50.1. The largest absolute Gasteiger partial charge is 1.00 e. The molecule has 360 valence electrons. The first-order valence-corrected chi connectivity index (χ1v) is 19.9. The molecule has 0 saturated heterocycles. The molecule has 0 unspecified atom stereocenters. The summed E-state index contributed by atoms with van der Waals surface area (Å²) in [6.07, 6.45) is -0.448. The van der Waals surface area contributed by atoms with Crippen molar-refractivity contribution in [2.24, 2.45) is 31.5 Å². The van der Waals surface area contributed by atoms with Crippen molar-refractivity contribution >= 4 is 83.1 Å². The summed E-state index contributed by atoms with van der Waals surface area (Å²) >= 11 is 10.4. The second-order valence-electron chi connectivity index (χ2n) is 9.27. The number of hydrazine groups is 1.